The molecule has 0 spiro atoms. The van der Waals surface area contributed by atoms with Crippen LogP contribution in [0.3, 0.4) is 0 Å². The van der Waals surface area contributed by atoms with E-state index in [4.69, 9.17) is 23.8 Å². The molecule has 4 heterocycles. The Hall–Kier alpha value is -0.690. The van der Waals surface area contributed by atoms with Crippen molar-refractivity contribution < 1.29 is 23.8 Å². The van der Waals surface area contributed by atoms with Crippen LogP contribution in [-0.2, 0) is 23.8 Å². The van der Waals surface area contributed by atoms with Crippen LogP contribution >= 0.6 is 0 Å². The molecule has 0 radical (unpaired) electrons. The smallest absolute Gasteiger partial charge is 0.190 e. The number of hydrogen-bond acceptors (Lipinski definition) is 6. The van der Waals surface area contributed by atoms with E-state index in [1.165, 1.54) is 0 Å². The second-order valence-electron chi connectivity index (χ2n) is 5.66. The molecule has 4 aliphatic heterocycles. The van der Waals surface area contributed by atoms with Crippen molar-refractivity contribution in [2.24, 2.45) is 11.1 Å². The standard InChI is InChI=1S/C12H17NO5/c1-12(2)17-10-9-8(16-11(10)18-12)7-6(3-4-14-9)5-15-13-7/h6,8-11H,3-5H2,1-2H3/t6-,8-,9+,10-,11-/m1/s1. The van der Waals surface area contributed by atoms with Gasteiger partial charge in [0.15, 0.2) is 12.1 Å². The molecule has 100 valence electrons. The first-order valence-corrected chi connectivity index (χ1v) is 6.46. The zero-order chi connectivity index (χ0) is 12.3. The van der Waals surface area contributed by atoms with E-state index in [1.807, 2.05) is 13.8 Å². The van der Waals surface area contributed by atoms with E-state index in [1.54, 1.807) is 0 Å². The molecule has 0 unspecified atom stereocenters. The summed E-state index contributed by atoms with van der Waals surface area (Å²) in [6, 6.07) is 0. The average Bonchev–Trinajstić information content (AvgIpc) is 2.90. The third-order valence-corrected chi connectivity index (χ3v) is 3.92. The lowest BCUT2D eigenvalue weighted by Gasteiger charge is -2.24. The van der Waals surface area contributed by atoms with Gasteiger partial charge < -0.3 is 23.8 Å². The van der Waals surface area contributed by atoms with E-state index in [-0.39, 0.29) is 24.6 Å². The van der Waals surface area contributed by atoms with Crippen LogP contribution in [0.5, 0.6) is 0 Å². The van der Waals surface area contributed by atoms with Crippen molar-refractivity contribution in [3.05, 3.63) is 0 Å². The maximum absolute atomic E-state index is 5.94. The molecule has 4 aliphatic rings. The topological polar surface area (TPSA) is 58.5 Å². The lowest BCUT2D eigenvalue weighted by atomic mass is 9.95. The summed E-state index contributed by atoms with van der Waals surface area (Å²) in [5.74, 6) is -0.296. The van der Waals surface area contributed by atoms with Crippen LogP contribution in [0.1, 0.15) is 20.3 Å². The molecule has 18 heavy (non-hydrogen) atoms. The van der Waals surface area contributed by atoms with Gasteiger partial charge in [0.25, 0.3) is 0 Å². The average molecular weight is 255 g/mol. The molecule has 3 saturated heterocycles. The van der Waals surface area contributed by atoms with Crippen LogP contribution in [-0.4, -0.2) is 49.3 Å². The van der Waals surface area contributed by atoms with Gasteiger partial charge in [-0.15, -0.1) is 0 Å². The fraction of sp³-hybridized carbons (Fsp3) is 0.917. The Kier molecular flexibility index (Phi) is 2.27. The molecule has 0 aromatic heterocycles. The third kappa shape index (κ3) is 1.53. The lowest BCUT2D eigenvalue weighted by molar-refractivity contribution is -0.209. The van der Waals surface area contributed by atoms with Gasteiger partial charge in [0, 0.05) is 12.5 Å². The zero-order valence-corrected chi connectivity index (χ0v) is 10.5. The predicted octanol–water partition coefficient (Wildman–Crippen LogP) is 0.654. The highest BCUT2D eigenvalue weighted by atomic mass is 16.8. The van der Waals surface area contributed by atoms with E-state index in [9.17, 15) is 0 Å². The molecule has 0 bridgehead atoms. The molecular weight excluding hydrogens is 238 g/mol. The van der Waals surface area contributed by atoms with Crippen LogP contribution in [0.15, 0.2) is 5.16 Å². The fourth-order valence-corrected chi connectivity index (χ4v) is 3.12. The molecule has 0 aliphatic carbocycles. The number of nitrogens with zero attached hydrogens (tertiary/aromatic N) is 1. The second-order valence-corrected chi connectivity index (χ2v) is 5.66. The first-order valence-electron chi connectivity index (χ1n) is 6.46. The molecule has 0 N–H and O–H groups in total. The first kappa shape index (κ1) is 11.2. The van der Waals surface area contributed by atoms with Gasteiger partial charge in [-0.25, -0.2) is 0 Å². The molecule has 0 saturated carbocycles. The summed E-state index contributed by atoms with van der Waals surface area (Å²) in [5.41, 5.74) is 0.955. The Balaban J connectivity index is 1.62. The highest BCUT2D eigenvalue weighted by Gasteiger charge is 2.58. The maximum Gasteiger partial charge on any atom is 0.190 e. The van der Waals surface area contributed by atoms with Gasteiger partial charge in [0.05, 0.1) is 5.71 Å². The van der Waals surface area contributed by atoms with Gasteiger partial charge in [-0.05, 0) is 20.3 Å². The van der Waals surface area contributed by atoms with Crippen LogP contribution in [0.4, 0.5) is 0 Å². The van der Waals surface area contributed by atoms with Crippen LogP contribution in [0.2, 0.25) is 0 Å². The van der Waals surface area contributed by atoms with Gasteiger partial charge in [0.1, 0.15) is 24.9 Å². The van der Waals surface area contributed by atoms with Crippen LogP contribution < -0.4 is 0 Å². The zero-order valence-electron chi connectivity index (χ0n) is 10.5. The molecule has 5 atom stereocenters. The molecule has 0 amide bonds. The minimum Gasteiger partial charge on any atom is -0.395 e. The van der Waals surface area contributed by atoms with Gasteiger partial charge in [-0.2, -0.15) is 0 Å². The Morgan fingerprint density at radius 3 is 3.00 bits per heavy atom. The highest BCUT2D eigenvalue weighted by molar-refractivity contribution is 5.92. The monoisotopic (exact) mass is 255 g/mol. The van der Waals surface area contributed by atoms with Gasteiger partial charge in [-0.3, -0.25) is 0 Å². The maximum atomic E-state index is 5.94. The Labute approximate surface area is 105 Å². The van der Waals surface area contributed by atoms with E-state index in [2.05, 4.69) is 5.16 Å². The van der Waals surface area contributed by atoms with E-state index in [0.717, 1.165) is 12.1 Å². The summed E-state index contributed by atoms with van der Waals surface area (Å²) in [6.45, 7) is 5.09. The summed E-state index contributed by atoms with van der Waals surface area (Å²) in [5, 5.41) is 4.12. The lowest BCUT2D eigenvalue weighted by Crippen LogP contribution is -2.40. The van der Waals surface area contributed by atoms with Crippen LogP contribution in [0.25, 0.3) is 0 Å². The van der Waals surface area contributed by atoms with Crippen molar-refractivity contribution in [1.29, 1.82) is 0 Å². The third-order valence-electron chi connectivity index (χ3n) is 3.92. The van der Waals surface area contributed by atoms with E-state index >= 15 is 0 Å². The van der Waals surface area contributed by atoms with Gasteiger partial charge >= 0.3 is 0 Å². The molecular formula is C12H17NO5. The minimum atomic E-state index is -0.608. The number of oxime groups is 1. The number of ether oxygens (including phenoxy) is 4. The molecule has 0 aromatic rings. The van der Waals surface area contributed by atoms with E-state index in [0.29, 0.717) is 19.1 Å². The summed E-state index contributed by atoms with van der Waals surface area (Å²) in [7, 11) is 0. The molecule has 6 nitrogen and oxygen atoms in total. The molecule has 3 fully saturated rings. The molecule has 6 heteroatoms. The van der Waals surface area contributed by atoms with E-state index < -0.39 is 5.79 Å². The number of rotatable bonds is 0. The summed E-state index contributed by atoms with van der Waals surface area (Å²) < 4.78 is 23.5. The first-order chi connectivity index (χ1) is 8.64. The second kappa shape index (κ2) is 3.66. The predicted molar refractivity (Wildman–Crippen MR) is 59.9 cm³/mol. The molecule has 0 aromatic carbocycles. The van der Waals surface area contributed by atoms with Crippen molar-refractivity contribution >= 4 is 5.71 Å². The largest absolute Gasteiger partial charge is 0.395 e. The molecule has 4 rings (SSSR count). The van der Waals surface area contributed by atoms with Crippen LogP contribution in [0, 0.1) is 5.92 Å². The number of hydrogen-bond donors (Lipinski definition) is 0. The van der Waals surface area contributed by atoms with Gasteiger partial charge in [0.2, 0.25) is 0 Å². The summed E-state index contributed by atoms with van der Waals surface area (Å²) >= 11 is 0. The summed E-state index contributed by atoms with van der Waals surface area (Å²) in [6.07, 6.45) is 0.0639. The summed E-state index contributed by atoms with van der Waals surface area (Å²) in [4.78, 5) is 5.19. The van der Waals surface area contributed by atoms with Crippen molar-refractivity contribution in [2.45, 2.75) is 50.7 Å². The van der Waals surface area contributed by atoms with Crippen molar-refractivity contribution in [2.75, 3.05) is 13.2 Å². The van der Waals surface area contributed by atoms with Crippen molar-refractivity contribution in [3.8, 4) is 0 Å². The Morgan fingerprint density at radius 2 is 2.11 bits per heavy atom. The van der Waals surface area contributed by atoms with Crippen molar-refractivity contribution in [3.63, 3.8) is 0 Å². The Morgan fingerprint density at radius 1 is 1.22 bits per heavy atom. The SMILES string of the molecule is CC1(C)O[C@H]2O[C@@H]3C4=NOC[C@H]4CCO[C@@H]3[C@H]2O1. The minimum absolute atomic E-state index is 0.137. The normalized spacial score (nSPS) is 48.8. The Bertz CT molecular complexity index is 396. The fourth-order valence-electron chi connectivity index (χ4n) is 3.12. The van der Waals surface area contributed by atoms with Gasteiger partial charge in [-0.1, -0.05) is 5.16 Å². The number of fused-ring (bicyclic) bond motifs is 5. The highest BCUT2D eigenvalue weighted by Crippen LogP contribution is 2.41. The quantitative estimate of drug-likeness (QED) is 0.636. The van der Waals surface area contributed by atoms with Crippen molar-refractivity contribution in [1.82, 2.24) is 0 Å².